The molecule has 12 rings (SSSR count). The maximum Gasteiger partial charge on any atom is 0.243 e. The molecule has 0 saturated heterocycles. The molecule has 3 heterocycles. The van der Waals surface area contributed by atoms with Crippen LogP contribution in [0.4, 0.5) is 51.2 Å². The van der Waals surface area contributed by atoms with Crippen molar-refractivity contribution in [2.75, 3.05) is 14.7 Å². The normalized spacial score (nSPS) is 14.4. The fourth-order valence-electron chi connectivity index (χ4n) is 12.0. The second-order valence-corrected chi connectivity index (χ2v) is 31.3. The molecular formula is C84H90N10. The molecule has 476 valence electrons. The van der Waals surface area contributed by atoms with Crippen LogP contribution < -0.4 is 14.7 Å². The SMILES string of the molecule is CC(C)(C)c1cccc(N(c2ccc(C3=NC4=NC(c5ccc(N(c6cccc(C(C)(C)C)c6)c6cccc(C(C)(C)C)c6)cc5)=NC5=NC(c6ccc(N(c7cccc(C(C)(C)C)c7)c7cccc(C(C)(C)C)c7)cc6)=NC(=N3)N45)cc2)c2cccc(C(C)(C)C)c2)c1. The van der Waals surface area contributed by atoms with E-state index < -0.39 is 0 Å². The van der Waals surface area contributed by atoms with Crippen LogP contribution >= 0.6 is 0 Å². The minimum Gasteiger partial charge on any atom is -0.310 e. The van der Waals surface area contributed by atoms with Gasteiger partial charge in [-0.2, -0.15) is 30.0 Å². The third kappa shape index (κ3) is 13.5. The average molecular weight is 1240 g/mol. The molecule has 0 aromatic heterocycles. The van der Waals surface area contributed by atoms with Gasteiger partial charge in [0, 0.05) is 67.9 Å². The van der Waals surface area contributed by atoms with Crippen molar-refractivity contribution in [3.63, 3.8) is 0 Å². The zero-order valence-corrected chi connectivity index (χ0v) is 58.3. The highest BCUT2D eigenvalue weighted by molar-refractivity contribution is 6.34. The predicted octanol–water partition coefficient (Wildman–Crippen LogP) is 21.9. The van der Waals surface area contributed by atoms with Gasteiger partial charge in [-0.05, 0) is 211 Å². The molecule has 0 saturated carbocycles. The Kier molecular flexibility index (Phi) is 16.6. The van der Waals surface area contributed by atoms with Crippen LogP contribution in [0.5, 0.6) is 0 Å². The van der Waals surface area contributed by atoms with Gasteiger partial charge in [0.2, 0.25) is 17.9 Å². The molecule has 0 unspecified atom stereocenters. The van der Waals surface area contributed by atoms with Gasteiger partial charge in [0.05, 0.1) is 0 Å². The zero-order valence-electron chi connectivity index (χ0n) is 58.3. The van der Waals surface area contributed by atoms with Gasteiger partial charge in [-0.1, -0.05) is 197 Å². The summed E-state index contributed by atoms with van der Waals surface area (Å²) in [5.41, 5.74) is 19.1. The van der Waals surface area contributed by atoms with Crippen LogP contribution in [0.3, 0.4) is 0 Å². The van der Waals surface area contributed by atoms with Gasteiger partial charge < -0.3 is 14.7 Å². The molecule has 0 radical (unpaired) electrons. The van der Waals surface area contributed by atoms with E-state index in [2.05, 4.69) is 358 Å². The van der Waals surface area contributed by atoms with E-state index in [1.807, 2.05) is 0 Å². The molecule has 10 nitrogen and oxygen atoms in total. The van der Waals surface area contributed by atoms with Crippen molar-refractivity contribution in [3.8, 4) is 0 Å². The van der Waals surface area contributed by atoms with E-state index in [0.29, 0.717) is 35.4 Å². The van der Waals surface area contributed by atoms with E-state index in [1.54, 1.807) is 4.90 Å². The molecule has 3 aliphatic rings. The molecule has 3 aliphatic heterocycles. The Morgan fingerprint density at radius 3 is 0.564 bits per heavy atom. The number of amidine groups is 3. The van der Waals surface area contributed by atoms with Crippen molar-refractivity contribution in [1.29, 1.82) is 0 Å². The Labute approximate surface area is 558 Å². The molecule has 10 heteroatoms. The van der Waals surface area contributed by atoms with E-state index in [9.17, 15) is 0 Å². The third-order valence-electron chi connectivity index (χ3n) is 17.8. The molecule has 0 bridgehead atoms. The number of aliphatic imine (C=N–C) groups is 6. The lowest BCUT2D eigenvalue weighted by Gasteiger charge is -2.31. The van der Waals surface area contributed by atoms with Gasteiger partial charge in [0.15, 0.2) is 17.5 Å². The van der Waals surface area contributed by atoms with Crippen molar-refractivity contribution in [2.24, 2.45) is 30.0 Å². The molecule has 0 spiro atoms. The highest BCUT2D eigenvalue weighted by Gasteiger charge is 2.36. The van der Waals surface area contributed by atoms with Crippen LogP contribution in [-0.2, 0) is 32.5 Å². The molecule has 0 aliphatic carbocycles. The molecule has 0 N–H and O–H groups in total. The van der Waals surface area contributed by atoms with Crippen molar-refractivity contribution >= 4 is 86.6 Å². The summed E-state index contributed by atoms with van der Waals surface area (Å²) in [4.78, 5) is 40.3. The van der Waals surface area contributed by atoms with Crippen molar-refractivity contribution in [1.82, 2.24) is 4.90 Å². The number of anilines is 9. The van der Waals surface area contributed by atoms with Crippen molar-refractivity contribution in [2.45, 2.75) is 157 Å². The molecule has 9 aromatic carbocycles. The summed E-state index contributed by atoms with van der Waals surface area (Å²) in [5.74, 6) is 2.54. The van der Waals surface area contributed by atoms with Crippen LogP contribution in [0.25, 0.3) is 0 Å². The molecule has 94 heavy (non-hydrogen) atoms. The highest BCUT2D eigenvalue weighted by atomic mass is 15.5. The standard InChI is InChI=1S/C84H90N10/c1-79(2,3)58-25-19-31-67(49-58)91(68-32-20-26-59(50-68)80(4,5)6)64-43-37-55(38-44-64)73-85-76-87-74(56-39-45-65(46-40-56)92(69-33-21-27-60(51-69)81(7,8)9)70-34-22-28-61(52-70)82(10,11)12)89-78-90-75(88-77(86-73)94(76)78)57-41-47-66(48-42-57)93(71-35-23-29-62(53-71)83(13,14)15)72-36-24-30-63(54-72)84(16,17)18/h19-54H,1-18H3. The van der Waals surface area contributed by atoms with Gasteiger partial charge in [-0.15, -0.1) is 0 Å². The van der Waals surface area contributed by atoms with Gasteiger partial charge in [-0.25, -0.2) is 4.90 Å². The highest BCUT2D eigenvalue weighted by Crippen LogP contribution is 2.43. The van der Waals surface area contributed by atoms with Gasteiger partial charge in [-0.3, -0.25) is 0 Å². The summed E-state index contributed by atoms with van der Waals surface area (Å²) in [6.07, 6.45) is 0. The summed E-state index contributed by atoms with van der Waals surface area (Å²) >= 11 is 0. The molecule has 9 aromatic rings. The van der Waals surface area contributed by atoms with Crippen molar-refractivity contribution < 1.29 is 0 Å². The van der Waals surface area contributed by atoms with E-state index in [0.717, 1.165) is 67.9 Å². The topological polar surface area (TPSA) is 87.1 Å². The Morgan fingerprint density at radius 2 is 0.394 bits per heavy atom. The number of hydrogen-bond donors (Lipinski definition) is 0. The summed E-state index contributed by atoms with van der Waals surface area (Å²) in [6.45, 7) is 40.7. The Hall–Kier alpha value is -9.80. The molecule has 0 fully saturated rings. The molecule has 0 amide bonds. The van der Waals surface area contributed by atoms with E-state index in [-0.39, 0.29) is 32.5 Å². The number of hydrogen-bond acceptors (Lipinski definition) is 10. The lowest BCUT2D eigenvalue weighted by atomic mass is 9.86. The number of guanidine groups is 3. The lowest BCUT2D eigenvalue weighted by molar-refractivity contribution is 0.589. The van der Waals surface area contributed by atoms with Crippen LogP contribution in [0.15, 0.2) is 248 Å². The first kappa shape index (κ1) is 64.3. The molecular weight excluding hydrogens is 1150 g/mol. The summed E-state index contributed by atoms with van der Waals surface area (Å²) in [5, 5.41) is 0. The fourth-order valence-corrected chi connectivity index (χ4v) is 12.0. The monoisotopic (exact) mass is 1240 g/mol. The lowest BCUT2D eigenvalue weighted by Crippen LogP contribution is -2.48. The van der Waals surface area contributed by atoms with Gasteiger partial charge in [0.1, 0.15) is 0 Å². The first-order valence-corrected chi connectivity index (χ1v) is 33.0. The first-order valence-electron chi connectivity index (χ1n) is 33.0. The first-order chi connectivity index (χ1) is 44.3. The zero-order chi connectivity index (χ0) is 66.9. The third-order valence-corrected chi connectivity index (χ3v) is 17.8. The maximum absolute atomic E-state index is 5.26. The number of rotatable bonds is 12. The summed E-state index contributed by atoms with van der Waals surface area (Å²) in [6, 6.07) is 78.8. The maximum atomic E-state index is 5.26. The number of benzene rings is 9. The number of nitrogens with zero attached hydrogens (tertiary/aromatic N) is 10. The largest absolute Gasteiger partial charge is 0.310 e. The van der Waals surface area contributed by atoms with Crippen LogP contribution in [0, 0.1) is 0 Å². The van der Waals surface area contributed by atoms with Gasteiger partial charge >= 0.3 is 0 Å². The van der Waals surface area contributed by atoms with E-state index in [4.69, 9.17) is 30.0 Å². The Bertz CT molecular complexity index is 3900. The smallest absolute Gasteiger partial charge is 0.243 e. The Morgan fingerprint density at radius 1 is 0.213 bits per heavy atom. The summed E-state index contributed by atoms with van der Waals surface area (Å²) < 4.78 is 0. The van der Waals surface area contributed by atoms with E-state index >= 15 is 0 Å². The quantitative estimate of drug-likeness (QED) is 0.122. The van der Waals surface area contributed by atoms with E-state index in [1.165, 1.54) is 33.4 Å². The van der Waals surface area contributed by atoms with Crippen LogP contribution in [0.2, 0.25) is 0 Å². The Balaban J connectivity index is 0.971. The second kappa shape index (κ2) is 24.3. The second-order valence-electron chi connectivity index (χ2n) is 31.3. The predicted molar refractivity (Wildman–Crippen MR) is 399 cm³/mol. The van der Waals surface area contributed by atoms with Crippen LogP contribution in [0.1, 0.15) is 175 Å². The average Bonchev–Trinajstić information content (AvgIpc) is 0.754. The molecule has 0 atom stereocenters. The minimum atomic E-state index is -0.0464. The van der Waals surface area contributed by atoms with Crippen LogP contribution in [-0.4, -0.2) is 40.3 Å². The minimum absolute atomic E-state index is 0.0464. The summed E-state index contributed by atoms with van der Waals surface area (Å²) in [7, 11) is 0. The van der Waals surface area contributed by atoms with Crippen molar-refractivity contribution in [3.05, 3.63) is 268 Å². The van der Waals surface area contributed by atoms with Gasteiger partial charge in [0.25, 0.3) is 0 Å². The fraction of sp³-hybridized carbons (Fsp3) is 0.286.